The molecule has 0 saturated heterocycles. The van der Waals surface area contributed by atoms with Crippen LogP contribution in [0.15, 0.2) is 16.7 Å². The maximum Gasteiger partial charge on any atom is 0.358 e. The van der Waals surface area contributed by atoms with Crippen molar-refractivity contribution in [2.75, 3.05) is 0 Å². The Bertz CT molecular complexity index is 512. The van der Waals surface area contributed by atoms with Gasteiger partial charge in [0.2, 0.25) is 5.89 Å². The number of carboxylic acids is 1. The number of aryl methyl sites for hydroxylation is 2. The molecule has 1 N–H and O–H groups in total. The van der Waals surface area contributed by atoms with Crippen molar-refractivity contribution in [3.63, 3.8) is 0 Å². The van der Waals surface area contributed by atoms with Gasteiger partial charge in [-0.2, -0.15) is 5.10 Å². The van der Waals surface area contributed by atoms with E-state index in [0.29, 0.717) is 11.5 Å². The first kappa shape index (κ1) is 9.45. The topological polar surface area (TPSA) is 81.2 Å². The molecule has 0 bridgehead atoms. The largest absolute Gasteiger partial charge is 0.476 e. The zero-order valence-electron chi connectivity index (χ0n) is 8.26. The van der Waals surface area contributed by atoms with E-state index in [-0.39, 0.29) is 11.6 Å². The Hall–Kier alpha value is -2.11. The Morgan fingerprint density at radius 2 is 2.33 bits per heavy atom. The van der Waals surface area contributed by atoms with Crippen molar-refractivity contribution >= 4 is 5.97 Å². The molecule has 6 nitrogen and oxygen atoms in total. The number of aromatic carboxylic acids is 1. The van der Waals surface area contributed by atoms with Crippen LogP contribution in [0.4, 0.5) is 0 Å². The lowest BCUT2D eigenvalue weighted by Crippen LogP contribution is -1.99. The number of hydrogen-bond donors (Lipinski definition) is 1. The fourth-order valence-corrected chi connectivity index (χ4v) is 1.29. The molecule has 0 atom stereocenters. The molecular formula is C9H9N3O3. The average Bonchev–Trinajstić information content (AvgIpc) is 2.71. The third kappa shape index (κ3) is 1.50. The van der Waals surface area contributed by atoms with Gasteiger partial charge in [-0.15, -0.1) is 0 Å². The normalized spacial score (nSPS) is 10.5. The van der Waals surface area contributed by atoms with Crippen LogP contribution in [0.1, 0.15) is 16.2 Å². The van der Waals surface area contributed by atoms with Crippen LogP contribution in [-0.2, 0) is 7.05 Å². The second kappa shape index (κ2) is 3.23. The highest BCUT2D eigenvalue weighted by Crippen LogP contribution is 2.20. The number of carboxylic acid groups (broad SMARTS) is 1. The fourth-order valence-electron chi connectivity index (χ4n) is 1.29. The number of carbonyl (C=O) groups is 1. The van der Waals surface area contributed by atoms with Gasteiger partial charge < -0.3 is 9.52 Å². The van der Waals surface area contributed by atoms with Crippen LogP contribution in [0.2, 0.25) is 0 Å². The Labute approximate surface area is 85.2 Å². The van der Waals surface area contributed by atoms with Crippen molar-refractivity contribution in [1.29, 1.82) is 0 Å². The molecule has 0 aliphatic carbocycles. The summed E-state index contributed by atoms with van der Waals surface area (Å²) in [7, 11) is 1.73. The summed E-state index contributed by atoms with van der Waals surface area (Å²) in [6.07, 6.45) is 1.59. The van der Waals surface area contributed by atoms with Gasteiger partial charge in [-0.05, 0) is 13.0 Å². The lowest BCUT2D eigenvalue weighted by molar-refractivity contribution is 0.0689. The van der Waals surface area contributed by atoms with Gasteiger partial charge in [-0.25, -0.2) is 9.78 Å². The van der Waals surface area contributed by atoms with Gasteiger partial charge in [-0.1, -0.05) is 0 Å². The van der Waals surface area contributed by atoms with Crippen LogP contribution in [0.25, 0.3) is 11.6 Å². The predicted octanol–water partition coefficient (Wildman–Crippen LogP) is 1.08. The lowest BCUT2D eigenvalue weighted by Gasteiger charge is -1.93. The molecule has 2 rings (SSSR count). The van der Waals surface area contributed by atoms with Crippen molar-refractivity contribution in [3.8, 4) is 11.6 Å². The van der Waals surface area contributed by atoms with Crippen LogP contribution >= 0.6 is 0 Å². The van der Waals surface area contributed by atoms with Crippen LogP contribution < -0.4 is 0 Å². The fraction of sp³-hybridized carbons (Fsp3) is 0.222. The number of hydrogen-bond acceptors (Lipinski definition) is 4. The Morgan fingerprint density at radius 3 is 2.80 bits per heavy atom. The first-order valence-corrected chi connectivity index (χ1v) is 4.28. The van der Waals surface area contributed by atoms with Crippen molar-refractivity contribution in [2.45, 2.75) is 6.92 Å². The second-order valence-electron chi connectivity index (χ2n) is 3.07. The third-order valence-corrected chi connectivity index (χ3v) is 2.04. The second-order valence-corrected chi connectivity index (χ2v) is 3.07. The van der Waals surface area contributed by atoms with Gasteiger partial charge in [0, 0.05) is 13.2 Å². The van der Waals surface area contributed by atoms with Crippen molar-refractivity contribution < 1.29 is 14.3 Å². The molecule has 78 valence electrons. The monoisotopic (exact) mass is 207 g/mol. The molecule has 0 spiro atoms. The summed E-state index contributed by atoms with van der Waals surface area (Å²) in [4.78, 5) is 14.6. The van der Waals surface area contributed by atoms with E-state index in [1.165, 1.54) is 0 Å². The summed E-state index contributed by atoms with van der Waals surface area (Å²) < 4.78 is 6.81. The zero-order chi connectivity index (χ0) is 11.0. The van der Waals surface area contributed by atoms with Crippen molar-refractivity contribution in [1.82, 2.24) is 14.8 Å². The Balaban J connectivity index is 2.52. The quantitative estimate of drug-likeness (QED) is 0.796. The SMILES string of the molecule is Cc1oc(-c2ccnn2C)nc1C(=O)O. The minimum Gasteiger partial charge on any atom is -0.476 e. The van der Waals surface area contributed by atoms with E-state index in [0.717, 1.165) is 0 Å². The summed E-state index contributed by atoms with van der Waals surface area (Å²) in [5, 5.41) is 12.7. The van der Waals surface area contributed by atoms with Gasteiger partial charge in [0.05, 0.1) is 0 Å². The van der Waals surface area contributed by atoms with E-state index in [4.69, 9.17) is 9.52 Å². The van der Waals surface area contributed by atoms with E-state index in [9.17, 15) is 4.79 Å². The van der Waals surface area contributed by atoms with Crippen LogP contribution in [0.3, 0.4) is 0 Å². The molecule has 0 aromatic carbocycles. The van der Waals surface area contributed by atoms with E-state index in [1.54, 1.807) is 30.9 Å². The van der Waals surface area contributed by atoms with E-state index >= 15 is 0 Å². The maximum absolute atomic E-state index is 10.7. The summed E-state index contributed by atoms with van der Waals surface area (Å²) in [6.45, 7) is 1.57. The van der Waals surface area contributed by atoms with Crippen LogP contribution in [0, 0.1) is 6.92 Å². The Morgan fingerprint density at radius 1 is 1.60 bits per heavy atom. The van der Waals surface area contributed by atoms with E-state index in [2.05, 4.69) is 10.1 Å². The summed E-state index contributed by atoms with van der Waals surface area (Å²) >= 11 is 0. The molecule has 2 aromatic rings. The highest BCUT2D eigenvalue weighted by Gasteiger charge is 2.18. The van der Waals surface area contributed by atoms with Crippen LogP contribution in [0.5, 0.6) is 0 Å². The van der Waals surface area contributed by atoms with E-state index in [1.807, 2.05) is 0 Å². The minimum absolute atomic E-state index is 0.0637. The number of nitrogens with zero attached hydrogens (tertiary/aromatic N) is 3. The first-order valence-electron chi connectivity index (χ1n) is 4.28. The smallest absolute Gasteiger partial charge is 0.358 e. The number of oxazole rings is 1. The summed E-state index contributed by atoms with van der Waals surface area (Å²) in [5.41, 5.74) is 0.580. The number of aromatic nitrogens is 3. The predicted molar refractivity (Wildman–Crippen MR) is 50.4 cm³/mol. The van der Waals surface area contributed by atoms with Crippen molar-refractivity contribution in [3.05, 3.63) is 23.7 Å². The molecule has 0 saturated carbocycles. The highest BCUT2D eigenvalue weighted by atomic mass is 16.4. The highest BCUT2D eigenvalue weighted by molar-refractivity contribution is 5.86. The molecular weight excluding hydrogens is 198 g/mol. The van der Waals surface area contributed by atoms with E-state index < -0.39 is 5.97 Å². The molecule has 2 aromatic heterocycles. The van der Waals surface area contributed by atoms with Gasteiger partial charge >= 0.3 is 5.97 Å². The van der Waals surface area contributed by atoms with Crippen molar-refractivity contribution in [2.24, 2.45) is 7.05 Å². The van der Waals surface area contributed by atoms with Crippen LogP contribution in [-0.4, -0.2) is 25.8 Å². The number of rotatable bonds is 2. The molecule has 0 radical (unpaired) electrons. The zero-order valence-corrected chi connectivity index (χ0v) is 8.26. The minimum atomic E-state index is -1.09. The molecule has 6 heteroatoms. The molecule has 0 aliphatic heterocycles. The molecule has 0 fully saturated rings. The molecule has 2 heterocycles. The summed E-state index contributed by atoms with van der Waals surface area (Å²) in [6, 6.07) is 1.71. The van der Waals surface area contributed by atoms with Gasteiger partial charge in [0.15, 0.2) is 5.69 Å². The van der Waals surface area contributed by atoms with Gasteiger partial charge in [0.1, 0.15) is 11.5 Å². The molecule has 0 amide bonds. The molecule has 0 unspecified atom stereocenters. The summed E-state index contributed by atoms with van der Waals surface area (Å²) in [5.74, 6) is -0.534. The molecule has 15 heavy (non-hydrogen) atoms. The third-order valence-electron chi connectivity index (χ3n) is 2.04. The van der Waals surface area contributed by atoms with Gasteiger partial charge in [-0.3, -0.25) is 4.68 Å². The maximum atomic E-state index is 10.7. The first-order chi connectivity index (χ1) is 7.09. The average molecular weight is 207 g/mol. The molecule has 0 aliphatic rings. The Kier molecular flexibility index (Phi) is 2.03. The standard InChI is InChI=1S/C9H9N3O3/c1-5-7(9(13)14)11-8(15-5)6-3-4-10-12(6)2/h3-4H,1-2H3,(H,13,14). The lowest BCUT2D eigenvalue weighted by atomic mass is 10.4. The van der Waals surface area contributed by atoms with Gasteiger partial charge in [0.25, 0.3) is 0 Å².